The number of anilines is 1. The molecule has 140 valence electrons. The average molecular weight is 373 g/mol. The van der Waals surface area contributed by atoms with E-state index in [1.165, 1.54) is 11.0 Å². The Kier molecular flexibility index (Phi) is 4.09. The lowest BCUT2D eigenvalue weighted by atomic mass is 9.72. The van der Waals surface area contributed by atoms with E-state index in [9.17, 15) is 22.8 Å². The van der Waals surface area contributed by atoms with Gasteiger partial charge in [-0.2, -0.15) is 13.2 Å². The van der Waals surface area contributed by atoms with Gasteiger partial charge in [0.25, 0.3) is 5.91 Å². The topological polar surface area (TPSA) is 37.4 Å². The highest BCUT2D eigenvalue weighted by Crippen LogP contribution is 2.43. The molecule has 2 aromatic carbocycles. The second-order valence-corrected chi connectivity index (χ2v) is 7.47. The van der Waals surface area contributed by atoms with E-state index in [-0.39, 0.29) is 23.2 Å². The van der Waals surface area contributed by atoms with E-state index in [2.05, 4.69) is 6.92 Å². The minimum Gasteiger partial charge on any atom is -0.304 e. The number of fused-ring (bicyclic) bond motifs is 1. The summed E-state index contributed by atoms with van der Waals surface area (Å²) in [6, 6.07) is 9.54. The highest BCUT2D eigenvalue weighted by molar-refractivity contribution is 6.11. The van der Waals surface area contributed by atoms with E-state index in [1.54, 1.807) is 6.07 Å². The molecule has 0 N–H and O–H groups in total. The maximum atomic E-state index is 13.4. The third kappa shape index (κ3) is 3.03. The molecule has 1 fully saturated rings. The van der Waals surface area contributed by atoms with Crippen molar-refractivity contribution < 1.29 is 22.8 Å². The van der Waals surface area contributed by atoms with Crippen molar-refractivity contribution in [3.8, 4) is 0 Å². The van der Waals surface area contributed by atoms with Crippen molar-refractivity contribution in [2.24, 2.45) is 5.92 Å². The van der Waals surface area contributed by atoms with Crippen molar-refractivity contribution in [3.05, 3.63) is 64.2 Å². The van der Waals surface area contributed by atoms with Crippen LogP contribution >= 0.6 is 0 Å². The molecule has 0 unspecified atom stereocenters. The van der Waals surface area contributed by atoms with Gasteiger partial charge < -0.3 is 4.90 Å². The molecule has 3 nitrogen and oxygen atoms in total. The number of halogens is 3. The molecule has 0 aromatic heterocycles. The molecule has 1 heterocycles. The monoisotopic (exact) mass is 373 g/mol. The maximum Gasteiger partial charge on any atom is 0.416 e. The van der Waals surface area contributed by atoms with Gasteiger partial charge in [-0.25, -0.2) is 0 Å². The SMILES string of the molecule is CC1CC(c2cccc(N3Cc4c(cc(C=O)cc4C(F)(F)F)C3=O)c2)C1. The van der Waals surface area contributed by atoms with Crippen molar-refractivity contribution in [1.82, 2.24) is 0 Å². The third-order valence-electron chi connectivity index (χ3n) is 5.53. The normalized spacial score (nSPS) is 21.8. The van der Waals surface area contributed by atoms with Crippen LogP contribution in [0.1, 0.15) is 63.1 Å². The van der Waals surface area contributed by atoms with Gasteiger partial charge in [-0.05, 0) is 60.1 Å². The molecule has 27 heavy (non-hydrogen) atoms. The zero-order valence-electron chi connectivity index (χ0n) is 14.7. The van der Waals surface area contributed by atoms with Crippen LogP contribution in [0.15, 0.2) is 36.4 Å². The maximum absolute atomic E-state index is 13.4. The van der Waals surface area contributed by atoms with Crippen molar-refractivity contribution in [3.63, 3.8) is 0 Å². The number of hydrogen-bond acceptors (Lipinski definition) is 2. The Balaban J connectivity index is 1.72. The Morgan fingerprint density at radius 1 is 1.15 bits per heavy atom. The molecule has 1 saturated carbocycles. The predicted octanol–water partition coefficient (Wildman–Crippen LogP) is 5.19. The fraction of sp³-hybridized carbons (Fsp3) is 0.333. The predicted molar refractivity (Wildman–Crippen MR) is 94.9 cm³/mol. The van der Waals surface area contributed by atoms with Gasteiger partial charge in [0.1, 0.15) is 6.29 Å². The van der Waals surface area contributed by atoms with Crippen molar-refractivity contribution >= 4 is 17.9 Å². The lowest BCUT2D eigenvalue weighted by Crippen LogP contribution is -2.24. The summed E-state index contributed by atoms with van der Waals surface area (Å²) in [6.07, 6.45) is -2.12. The minimum absolute atomic E-state index is 0.0467. The summed E-state index contributed by atoms with van der Waals surface area (Å²) in [6.45, 7) is 2.04. The minimum atomic E-state index is -4.62. The van der Waals surface area contributed by atoms with Crippen molar-refractivity contribution in [1.29, 1.82) is 0 Å². The molecule has 0 bridgehead atoms. The number of alkyl halides is 3. The number of rotatable bonds is 3. The fourth-order valence-electron chi connectivity index (χ4n) is 4.08. The molecule has 1 aliphatic heterocycles. The molecule has 0 saturated heterocycles. The van der Waals surface area contributed by atoms with Crippen LogP contribution in [-0.4, -0.2) is 12.2 Å². The number of amides is 1. The smallest absolute Gasteiger partial charge is 0.304 e. The second-order valence-electron chi connectivity index (χ2n) is 7.47. The Morgan fingerprint density at radius 3 is 2.52 bits per heavy atom. The molecule has 0 atom stereocenters. The molecule has 2 aromatic rings. The molecule has 2 aliphatic rings. The second kappa shape index (κ2) is 6.22. The number of aldehydes is 1. The van der Waals surface area contributed by atoms with E-state index < -0.39 is 17.6 Å². The van der Waals surface area contributed by atoms with Crippen LogP contribution in [0.25, 0.3) is 0 Å². The first-order valence-electron chi connectivity index (χ1n) is 8.89. The van der Waals surface area contributed by atoms with Gasteiger partial charge in [-0.15, -0.1) is 0 Å². The molecule has 1 amide bonds. The van der Waals surface area contributed by atoms with Gasteiger partial charge in [0, 0.05) is 16.8 Å². The summed E-state index contributed by atoms with van der Waals surface area (Å²) in [4.78, 5) is 25.2. The Morgan fingerprint density at radius 2 is 1.89 bits per heavy atom. The highest BCUT2D eigenvalue weighted by Gasteiger charge is 2.40. The molecule has 6 heteroatoms. The lowest BCUT2D eigenvalue weighted by molar-refractivity contribution is -0.138. The van der Waals surface area contributed by atoms with Crippen LogP contribution in [0.3, 0.4) is 0 Å². The van der Waals surface area contributed by atoms with Gasteiger partial charge in [0.15, 0.2) is 0 Å². The summed E-state index contributed by atoms with van der Waals surface area (Å²) >= 11 is 0. The summed E-state index contributed by atoms with van der Waals surface area (Å²) in [5, 5.41) is 0. The van der Waals surface area contributed by atoms with Crippen LogP contribution in [0.5, 0.6) is 0 Å². The van der Waals surface area contributed by atoms with E-state index in [0.717, 1.165) is 24.5 Å². The number of benzene rings is 2. The van der Waals surface area contributed by atoms with Crippen molar-refractivity contribution in [2.45, 2.75) is 38.4 Å². The Bertz CT molecular complexity index is 930. The fourth-order valence-corrected chi connectivity index (χ4v) is 4.08. The first-order valence-corrected chi connectivity index (χ1v) is 8.89. The van der Waals surface area contributed by atoms with E-state index in [1.807, 2.05) is 18.2 Å². The average Bonchev–Trinajstić information content (AvgIpc) is 2.94. The summed E-state index contributed by atoms with van der Waals surface area (Å²) in [5.41, 5.74) is 0.527. The molecular formula is C21H18F3NO2. The highest BCUT2D eigenvalue weighted by atomic mass is 19.4. The van der Waals surface area contributed by atoms with Crippen LogP contribution in [0.4, 0.5) is 18.9 Å². The lowest BCUT2D eigenvalue weighted by Gasteiger charge is -2.33. The summed E-state index contributed by atoms with van der Waals surface area (Å²) in [5.74, 6) is 0.609. The molecular weight excluding hydrogens is 355 g/mol. The quantitative estimate of drug-likeness (QED) is 0.694. The molecule has 0 spiro atoms. The number of carbonyl (C=O) groups is 2. The largest absolute Gasteiger partial charge is 0.416 e. The Hall–Kier alpha value is -2.63. The first-order chi connectivity index (χ1) is 12.8. The van der Waals surface area contributed by atoms with Crippen LogP contribution in [0, 0.1) is 5.92 Å². The first kappa shape index (κ1) is 17.8. The number of hydrogen-bond donors (Lipinski definition) is 0. The standard InChI is InChI=1S/C21H18F3NO2/c1-12-5-15(6-12)14-3-2-4-16(9-14)25-10-18-17(20(25)27)7-13(11-26)8-19(18)21(22,23)24/h2-4,7-9,11-12,15H,5-6,10H2,1H3. The van der Waals surface area contributed by atoms with Crippen molar-refractivity contribution in [2.75, 3.05) is 4.90 Å². The number of carbonyl (C=O) groups excluding carboxylic acids is 2. The van der Waals surface area contributed by atoms with Gasteiger partial charge in [0.2, 0.25) is 0 Å². The zero-order valence-corrected chi connectivity index (χ0v) is 14.7. The van der Waals surface area contributed by atoms with Crippen LogP contribution in [-0.2, 0) is 12.7 Å². The van der Waals surface area contributed by atoms with Gasteiger partial charge in [0.05, 0.1) is 12.1 Å². The summed E-state index contributed by atoms with van der Waals surface area (Å²) in [7, 11) is 0. The Labute approximate surface area is 154 Å². The van der Waals surface area contributed by atoms with Gasteiger partial charge in [-0.3, -0.25) is 9.59 Å². The molecule has 4 rings (SSSR count). The van der Waals surface area contributed by atoms with E-state index in [4.69, 9.17) is 0 Å². The van der Waals surface area contributed by atoms with Gasteiger partial charge in [-0.1, -0.05) is 19.1 Å². The van der Waals surface area contributed by atoms with E-state index in [0.29, 0.717) is 23.8 Å². The molecule has 1 aliphatic carbocycles. The number of nitrogens with zero attached hydrogens (tertiary/aromatic N) is 1. The zero-order chi connectivity index (χ0) is 19.3. The summed E-state index contributed by atoms with van der Waals surface area (Å²) < 4.78 is 40.3. The van der Waals surface area contributed by atoms with Gasteiger partial charge >= 0.3 is 6.18 Å². The van der Waals surface area contributed by atoms with Crippen LogP contribution < -0.4 is 4.90 Å². The van der Waals surface area contributed by atoms with Crippen LogP contribution in [0.2, 0.25) is 0 Å². The third-order valence-corrected chi connectivity index (χ3v) is 5.53. The molecule has 0 radical (unpaired) electrons. The van der Waals surface area contributed by atoms with E-state index >= 15 is 0 Å².